The highest BCUT2D eigenvalue weighted by Gasteiger charge is 2.12. The first-order valence-corrected chi connectivity index (χ1v) is 7.88. The Labute approximate surface area is 138 Å². The van der Waals surface area contributed by atoms with Gasteiger partial charge in [0, 0.05) is 4.90 Å². The minimum absolute atomic E-state index is 0.181. The van der Waals surface area contributed by atoms with Crippen molar-refractivity contribution < 1.29 is 18.3 Å². The predicted octanol–water partition coefficient (Wildman–Crippen LogP) is 4.64. The first-order chi connectivity index (χ1) is 11.0. The van der Waals surface area contributed by atoms with Crippen molar-refractivity contribution in [2.24, 2.45) is 0 Å². The van der Waals surface area contributed by atoms with Gasteiger partial charge in [-0.1, -0.05) is 42.1 Å². The molecule has 0 aliphatic rings. The summed E-state index contributed by atoms with van der Waals surface area (Å²) < 4.78 is 30.6. The number of halogens is 2. The van der Waals surface area contributed by atoms with Crippen molar-refractivity contribution >= 4 is 23.4 Å². The Morgan fingerprint density at radius 3 is 2.43 bits per heavy atom. The SMILES string of the molecule is Cc1cccc(C)c1OCC(=O)Nc1ccccc1SC(F)F. The number of thioether (sulfide) groups is 1. The molecule has 2 aromatic rings. The van der Waals surface area contributed by atoms with E-state index in [1.807, 2.05) is 32.0 Å². The molecule has 1 amide bonds. The van der Waals surface area contributed by atoms with Crippen LogP contribution in [0.15, 0.2) is 47.4 Å². The number of ether oxygens (including phenoxy) is 1. The third-order valence-electron chi connectivity index (χ3n) is 3.13. The van der Waals surface area contributed by atoms with E-state index in [2.05, 4.69) is 5.32 Å². The zero-order chi connectivity index (χ0) is 16.8. The Kier molecular flexibility index (Phi) is 5.98. The van der Waals surface area contributed by atoms with Crippen molar-refractivity contribution in [1.29, 1.82) is 0 Å². The Bertz CT molecular complexity index is 672. The van der Waals surface area contributed by atoms with Gasteiger partial charge in [-0.15, -0.1) is 0 Å². The minimum Gasteiger partial charge on any atom is -0.483 e. The smallest absolute Gasteiger partial charge is 0.288 e. The van der Waals surface area contributed by atoms with Crippen LogP contribution in [0.3, 0.4) is 0 Å². The second kappa shape index (κ2) is 7.97. The second-order valence-electron chi connectivity index (χ2n) is 4.93. The molecule has 2 rings (SSSR count). The van der Waals surface area contributed by atoms with Crippen LogP contribution in [0, 0.1) is 13.8 Å². The summed E-state index contributed by atoms with van der Waals surface area (Å²) in [5, 5.41) is 2.61. The number of anilines is 1. The molecular weight excluding hydrogens is 320 g/mol. The van der Waals surface area contributed by atoms with Crippen molar-refractivity contribution in [3.63, 3.8) is 0 Å². The quantitative estimate of drug-likeness (QED) is 0.781. The van der Waals surface area contributed by atoms with E-state index in [4.69, 9.17) is 4.74 Å². The lowest BCUT2D eigenvalue weighted by molar-refractivity contribution is -0.118. The number of aryl methyl sites for hydroxylation is 2. The lowest BCUT2D eigenvalue weighted by Crippen LogP contribution is -2.21. The molecule has 0 spiro atoms. The van der Waals surface area contributed by atoms with Gasteiger partial charge in [0.15, 0.2) is 6.61 Å². The standard InChI is InChI=1S/C17H17F2NO2S/c1-11-6-5-7-12(2)16(11)22-10-15(21)20-13-8-3-4-9-14(13)23-17(18)19/h3-9,17H,10H2,1-2H3,(H,20,21). The van der Waals surface area contributed by atoms with Crippen LogP contribution in [0.25, 0.3) is 0 Å². The molecule has 0 saturated carbocycles. The third-order valence-corrected chi connectivity index (χ3v) is 3.92. The van der Waals surface area contributed by atoms with Gasteiger partial charge in [0.1, 0.15) is 5.75 Å². The van der Waals surface area contributed by atoms with E-state index in [1.54, 1.807) is 24.3 Å². The summed E-state index contributed by atoms with van der Waals surface area (Å²) in [6.07, 6.45) is 0. The number of hydrogen-bond donors (Lipinski definition) is 1. The second-order valence-corrected chi connectivity index (χ2v) is 5.96. The van der Waals surface area contributed by atoms with Crippen molar-refractivity contribution in [3.05, 3.63) is 53.6 Å². The molecule has 0 fully saturated rings. The molecule has 0 radical (unpaired) electrons. The number of alkyl halides is 2. The highest BCUT2D eigenvalue weighted by Crippen LogP contribution is 2.31. The van der Waals surface area contributed by atoms with Crippen LogP contribution in [-0.4, -0.2) is 18.3 Å². The highest BCUT2D eigenvalue weighted by molar-refractivity contribution is 7.99. The molecule has 0 aromatic heterocycles. The zero-order valence-electron chi connectivity index (χ0n) is 12.8. The molecule has 0 heterocycles. The van der Waals surface area contributed by atoms with Gasteiger partial charge in [0.05, 0.1) is 5.69 Å². The van der Waals surface area contributed by atoms with Crippen molar-refractivity contribution in [1.82, 2.24) is 0 Å². The predicted molar refractivity (Wildman–Crippen MR) is 88.3 cm³/mol. The molecule has 2 aromatic carbocycles. The Hall–Kier alpha value is -2.08. The fourth-order valence-corrected chi connectivity index (χ4v) is 2.71. The van der Waals surface area contributed by atoms with Crippen LogP contribution >= 0.6 is 11.8 Å². The zero-order valence-corrected chi connectivity index (χ0v) is 13.6. The van der Waals surface area contributed by atoms with Gasteiger partial charge in [0.2, 0.25) is 0 Å². The molecule has 0 saturated heterocycles. The van der Waals surface area contributed by atoms with Gasteiger partial charge >= 0.3 is 0 Å². The summed E-state index contributed by atoms with van der Waals surface area (Å²) in [5.41, 5.74) is 2.23. The van der Waals surface area contributed by atoms with Crippen LogP contribution in [-0.2, 0) is 4.79 Å². The van der Waals surface area contributed by atoms with Crippen LogP contribution in [0.4, 0.5) is 14.5 Å². The number of carbonyl (C=O) groups is 1. The summed E-state index contributed by atoms with van der Waals surface area (Å²) in [4.78, 5) is 12.3. The van der Waals surface area contributed by atoms with E-state index < -0.39 is 11.7 Å². The largest absolute Gasteiger partial charge is 0.483 e. The molecule has 3 nitrogen and oxygen atoms in total. The topological polar surface area (TPSA) is 38.3 Å². The molecule has 122 valence electrons. The highest BCUT2D eigenvalue weighted by atomic mass is 32.2. The van der Waals surface area contributed by atoms with E-state index in [0.717, 1.165) is 11.1 Å². The molecule has 0 atom stereocenters. The number of amides is 1. The number of nitrogens with one attached hydrogen (secondary N) is 1. The van der Waals surface area contributed by atoms with Crippen LogP contribution in [0.5, 0.6) is 5.75 Å². The first kappa shape index (κ1) is 17.3. The number of rotatable bonds is 6. The number of hydrogen-bond acceptors (Lipinski definition) is 3. The maximum absolute atomic E-state index is 12.5. The average Bonchev–Trinajstić information content (AvgIpc) is 2.48. The maximum Gasteiger partial charge on any atom is 0.288 e. The van der Waals surface area contributed by atoms with E-state index in [0.29, 0.717) is 28.1 Å². The fourth-order valence-electron chi connectivity index (χ4n) is 2.12. The Morgan fingerprint density at radius 2 is 1.78 bits per heavy atom. The Morgan fingerprint density at radius 1 is 1.13 bits per heavy atom. The lowest BCUT2D eigenvalue weighted by Gasteiger charge is -2.13. The summed E-state index contributed by atoms with van der Waals surface area (Å²) >= 11 is 0.398. The average molecular weight is 337 g/mol. The van der Waals surface area contributed by atoms with E-state index in [1.165, 1.54) is 0 Å². The number of carbonyl (C=O) groups excluding carboxylic acids is 1. The molecule has 0 unspecified atom stereocenters. The van der Waals surface area contributed by atoms with Crippen molar-refractivity contribution in [3.8, 4) is 5.75 Å². The van der Waals surface area contributed by atoms with Crippen molar-refractivity contribution in [2.45, 2.75) is 24.5 Å². The molecule has 1 N–H and O–H groups in total. The molecule has 0 aliphatic carbocycles. The summed E-state index contributed by atoms with van der Waals surface area (Å²) in [7, 11) is 0. The third kappa shape index (κ3) is 4.96. The van der Waals surface area contributed by atoms with Gasteiger partial charge in [-0.25, -0.2) is 0 Å². The van der Waals surface area contributed by atoms with Gasteiger partial charge in [-0.3, -0.25) is 4.79 Å². The van der Waals surface area contributed by atoms with Gasteiger partial charge in [-0.05, 0) is 37.1 Å². The normalized spacial score (nSPS) is 10.7. The lowest BCUT2D eigenvalue weighted by atomic mass is 10.1. The number of para-hydroxylation sites is 2. The van der Waals surface area contributed by atoms with E-state index in [9.17, 15) is 13.6 Å². The van der Waals surface area contributed by atoms with E-state index in [-0.39, 0.29) is 6.61 Å². The van der Waals surface area contributed by atoms with Gasteiger partial charge in [-0.2, -0.15) is 8.78 Å². The van der Waals surface area contributed by atoms with Crippen LogP contribution in [0.1, 0.15) is 11.1 Å². The van der Waals surface area contributed by atoms with Crippen LogP contribution < -0.4 is 10.1 Å². The summed E-state index contributed by atoms with van der Waals surface area (Å²) in [6, 6.07) is 12.2. The monoisotopic (exact) mass is 337 g/mol. The van der Waals surface area contributed by atoms with Crippen LogP contribution in [0.2, 0.25) is 0 Å². The molecular formula is C17H17F2NO2S. The fraction of sp³-hybridized carbons (Fsp3) is 0.235. The summed E-state index contributed by atoms with van der Waals surface area (Å²) in [6.45, 7) is 3.61. The summed E-state index contributed by atoms with van der Waals surface area (Å²) in [5.74, 6) is -2.27. The molecule has 0 aliphatic heterocycles. The number of benzene rings is 2. The molecule has 6 heteroatoms. The maximum atomic E-state index is 12.5. The van der Waals surface area contributed by atoms with E-state index >= 15 is 0 Å². The minimum atomic E-state index is -2.54. The Balaban J connectivity index is 2.00. The van der Waals surface area contributed by atoms with Gasteiger partial charge in [0.25, 0.3) is 11.7 Å². The van der Waals surface area contributed by atoms with Gasteiger partial charge < -0.3 is 10.1 Å². The first-order valence-electron chi connectivity index (χ1n) is 7.00. The molecule has 0 bridgehead atoms. The van der Waals surface area contributed by atoms with Crippen molar-refractivity contribution in [2.75, 3.05) is 11.9 Å². The molecule has 23 heavy (non-hydrogen) atoms.